The Labute approximate surface area is 187 Å². The maximum absolute atomic E-state index is 5.53. The Balaban J connectivity index is 1.67. The van der Waals surface area contributed by atoms with Crippen LogP contribution in [0.15, 0.2) is 42.7 Å². The zero-order valence-electron chi connectivity index (χ0n) is 19.2. The minimum atomic E-state index is -0.288. The highest BCUT2D eigenvalue weighted by atomic mass is 16.5. The first-order chi connectivity index (χ1) is 15.5. The quantitative estimate of drug-likeness (QED) is 0.475. The van der Waals surface area contributed by atoms with Gasteiger partial charge in [0.25, 0.3) is 0 Å². The first-order valence-corrected chi connectivity index (χ1v) is 10.8. The van der Waals surface area contributed by atoms with Gasteiger partial charge in [-0.05, 0) is 44.4 Å². The first-order valence-electron chi connectivity index (χ1n) is 10.8. The second kappa shape index (κ2) is 7.55. The molecule has 0 unspecified atom stereocenters. The molecular formula is C24H28N6O2. The van der Waals surface area contributed by atoms with Crippen LogP contribution in [-0.2, 0) is 12.6 Å². The van der Waals surface area contributed by atoms with Crippen molar-refractivity contribution in [3.8, 4) is 17.2 Å². The number of nitrogens with zero attached hydrogens (tertiary/aromatic N) is 6. The molecule has 0 amide bonds. The van der Waals surface area contributed by atoms with Gasteiger partial charge in [0, 0.05) is 25.7 Å². The van der Waals surface area contributed by atoms with Crippen molar-refractivity contribution < 1.29 is 9.47 Å². The van der Waals surface area contributed by atoms with Crippen molar-refractivity contribution in [3.05, 3.63) is 54.1 Å². The lowest BCUT2D eigenvalue weighted by molar-refractivity contribution is 0.355. The fraction of sp³-hybridized carbons (Fsp3) is 0.375. The number of rotatable bonds is 5. The number of ether oxygens (including phenoxy) is 2. The Hall–Kier alpha value is -3.55. The molecule has 8 nitrogen and oxygen atoms in total. The number of fused-ring (bicyclic) bond motifs is 1. The first kappa shape index (κ1) is 20.4. The Kier molecular flexibility index (Phi) is 4.80. The van der Waals surface area contributed by atoms with Gasteiger partial charge in [-0.1, -0.05) is 6.07 Å². The number of hydrogen-bond donors (Lipinski definition) is 0. The van der Waals surface area contributed by atoms with E-state index in [1.807, 2.05) is 12.1 Å². The van der Waals surface area contributed by atoms with Crippen LogP contribution in [0.1, 0.15) is 31.2 Å². The minimum Gasteiger partial charge on any atom is -0.493 e. The number of anilines is 1. The predicted octanol–water partition coefficient (Wildman–Crippen LogP) is 4.00. The third-order valence-corrected chi connectivity index (χ3v) is 6.56. The van der Waals surface area contributed by atoms with Crippen molar-refractivity contribution in [1.82, 2.24) is 24.5 Å². The fourth-order valence-electron chi connectivity index (χ4n) is 4.94. The van der Waals surface area contributed by atoms with Gasteiger partial charge < -0.3 is 18.9 Å². The second-order valence-electron chi connectivity index (χ2n) is 8.53. The number of methoxy groups -OCH3 is 2. The highest BCUT2D eigenvalue weighted by molar-refractivity contribution is 5.81. The van der Waals surface area contributed by atoms with E-state index >= 15 is 0 Å². The SMILES string of the molecule is COc1cc2nc([C@]3(C)CCCN3c3cc(C)ccc3-n3nccn3)n(C)c2cc1OC. The largest absolute Gasteiger partial charge is 0.493 e. The van der Waals surface area contributed by atoms with Crippen LogP contribution < -0.4 is 14.4 Å². The molecule has 0 aliphatic carbocycles. The van der Waals surface area contributed by atoms with E-state index in [1.54, 1.807) is 31.4 Å². The molecule has 1 fully saturated rings. The molecule has 0 bridgehead atoms. The predicted molar refractivity (Wildman–Crippen MR) is 124 cm³/mol. The lowest BCUT2D eigenvalue weighted by atomic mass is 9.96. The summed E-state index contributed by atoms with van der Waals surface area (Å²) < 4.78 is 13.2. The molecule has 166 valence electrons. The summed E-state index contributed by atoms with van der Waals surface area (Å²) >= 11 is 0. The van der Waals surface area contributed by atoms with Crippen LogP contribution >= 0.6 is 0 Å². The van der Waals surface area contributed by atoms with Crippen LogP contribution in [-0.4, -0.2) is 45.3 Å². The molecule has 1 aliphatic rings. The van der Waals surface area contributed by atoms with Crippen LogP contribution in [0.5, 0.6) is 11.5 Å². The molecule has 2 aromatic heterocycles. The maximum Gasteiger partial charge on any atom is 0.163 e. The summed E-state index contributed by atoms with van der Waals surface area (Å²) in [5, 5.41) is 8.78. The van der Waals surface area contributed by atoms with Gasteiger partial charge in [-0.25, -0.2) is 4.98 Å². The highest BCUT2D eigenvalue weighted by Crippen LogP contribution is 2.44. The van der Waals surface area contributed by atoms with E-state index in [2.05, 4.69) is 58.8 Å². The van der Waals surface area contributed by atoms with E-state index in [9.17, 15) is 0 Å². The van der Waals surface area contributed by atoms with Gasteiger partial charge in [-0.15, -0.1) is 4.80 Å². The standard InChI is InChI=1S/C24H28N6O2/c1-16-7-8-18(30-25-10-11-26-30)20(13-16)29-12-6-9-24(29,2)23-27-17-14-21(31-4)22(32-5)15-19(17)28(23)3/h7-8,10-11,13-15H,6,9,12H2,1-5H3/t24-/m0/s1. The van der Waals surface area contributed by atoms with Gasteiger partial charge in [-0.2, -0.15) is 10.2 Å². The van der Waals surface area contributed by atoms with Gasteiger partial charge in [-0.3, -0.25) is 0 Å². The Morgan fingerprint density at radius 2 is 1.69 bits per heavy atom. The monoisotopic (exact) mass is 432 g/mol. The summed E-state index contributed by atoms with van der Waals surface area (Å²) in [6.07, 6.45) is 5.49. The summed E-state index contributed by atoms with van der Waals surface area (Å²) in [5.74, 6) is 2.40. The topological polar surface area (TPSA) is 70.2 Å². The zero-order valence-corrected chi connectivity index (χ0v) is 19.2. The molecule has 5 rings (SSSR count). The molecule has 0 N–H and O–H groups in total. The molecule has 1 atom stereocenters. The molecule has 4 aromatic rings. The molecule has 32 heavy (non-hydrogen) atoms. The molecule has 0 spiro atoms. The van der Waals surface area contributed by atoms with E-state index in [0.717, 1.165) is 47.6 Å². The van der Waals surface area contributed by atoms with Crippen molar-refractivity contribution in [2.45, 2.75) is 32.2 Å². The van der Waals surface area contributed by atoms with Crippen LogP contribution in [0.25, 0.3) is 16.7 Å². The van der Waals surface area contributed by atoms with Crippen LogP contribution in [0.2, 0.25) is 0 Å². The van der Waals surface area contributed by atoms with E-state index < -0.39 is 0 Å². The lowest BCUT2D eigenvalue weighted by Crippen LogP contribution is -2.41. The van der Waals surface area contributed by atoms with Gasteiger partial charge in [0.1, 0.15) is 11.5 Å². The van der Waals surface area contributed by atoms with E-state index in [1.165, 1.54) is 5.56 Å². The molecule has 0 radical (unpaired) electrons. The molecule has 3 heterocycles. The van der Waals surface area contributed by atoms with Gasteiger partial charge >= 0.3 is 0 Å². The maximum atomic E-state index is 5.53. The van der Waals surface area contributed by atoms with Crippen molar-refractivity contribution >= 4 is 16.7 Å². The van der Waals surface area contributed by atoms with Crippen molar-refractivity contribution in [1.29, 1.82) is 0 Å². The molecule has 1 aliphatic heterocycles. The van der Waals surface area contributed by atoms with Gasteiger partial charge in [0.2, 0.25) is 0 Å². The zero-order chi connectivity index (χ0) is 22.5. The minimum absolute atomic E-state index is 0.288. The van der Waals surface area contributed by atoms with Gasteiger partial charge in [0.15, 0.2) is 11.5 Å². The summed E-state index contributed by atoms with van der Waals surface area (Å²) in [7, 11) is 5.38. The normalized spacial score (nSPS) is 18.5. The molecule has 8 heteroatoms. The fourth-order valence-corrected chi connectivity index (χ4v) is 4.94. The average Bonchev–Trinajstić information content (AvgIpc) is 3.53. The van der Waals surface area contributed by atoms with Crippen LogP contribution in [0.3, 0.4) is 0 Å². The Morgan fingerprint density at radius 3 is 2.41 bits per heavy atom. The Bertz CT molecular complexity index is 1280. The van der Waals surface area contributed by atoms with E-state index in [4.69, 9.17) is 14.5 Å². The van der Waals surface area contributed by atoms with Crippen molar-refractivity contribution in [2.75, 3.05) is 25.7 Å². The molecule has 2 aromatic carbocycles. The lowest BCUT2D eigenvalue weighted by Gasteiger charge is -2.37. The van der Waals surface area contributed by atoms with Crippen LogP contribution in [0.4, 0.5) is 5.69 Å². The molecular weight excluding hydrogens is 404 g/mol. The molecule has 0 saturated carbocycles. The van der Waals surface area contributed by atoms with Crippen molar-refractivity contribution in [3.63, 3.8) is 0 Å². The third kappa shape index (κ3) is 3.01. The summed E-state index contributed by atoms with van der Waals surface area (Å²) in [6.45, 7) is 5.33. The van der Waals surface area contributed by atoms with E-state index in [-0.39, 0.29) is 5.54 Å². The second-order valence-corrected chi connectivity index (χ2v) is 8.53. The number of benzene rings is 2. The number of aryl methyl sites for hydroxylation is 2. The third-order valence-electron chi connectivity index (χ3n) is 6.56. The summed E-state index contributed by atoms with van der Waals surface area (Å²) in [4.78, 5) is 9.23. The summed E-state index contributed by atoms with van der Waals surface area (Å²) in [6, 6.07) is 10.4. The number of imidazole rings is 1. The van der Waals surface area contributed by atoms with E-state index in [0.29, 0.717) is 11.5 Å². The smallest absolute Gasteiger partial charge is 0.163 e. The number of hydrogen-bond acceptors (Lipinski definition) is 6. The van der Waals surface area contributed by atoms with Crippen LogP contribution in [0, 0.1) is 6.92 Å². The number of aromatic nitrogens is 5. The van der Waals surface area contributed by atoms with Crippen molar-refractivity contribution in [2.24, 2.45) is 7.05 Å². The van der Waals surface area contributed by atoms with Gasteiger partial charge in [0.05, 0.1) is 48.9 Å². The molecule has 1 saturated heterocycles. The highest BCUT2D eigenvalue weighted by Gasteiger charge is 2.43. The summed E-state index contributed by atoms with van der Waals surface area (Å²) in [5.41, 5.74) is 4.91. The average molecular weight is 433 g/mol. The Morgan fingerprint density at radius 1 is 0.969 bits per heavy atom.